The molecule has 2 amide bonds. The molecule has 1 aromatic rings. The zero-order valence-electron chi connectivity index (χ0n) is 13.7. The fourth-order valence-corrected chi connectivity index (χ4v) is 3.73. The number of nitrogens with zero attached hydrogens (tertiary/aromatic N) is 1. The average Bonchev–Trinajstić information content (AvgIpc) is 2.81. The molecule has 9 heteroatoms. The van der Waals surface area contributed by atoms with Crippen LogP contribution in [0.1, 0.15) is 12.5 Å². The molecule has 0 spiro atoms. The second kappa shape index (κ2) is 8.95. The van der Waals surface area contributed by atoms with Crippen molar-refractivity contribution in [2.24, 2.45) is 0 Å². The number of halogens is 1. The highest BCUT2D eigenvalue weighted by Gasteiger charge is 2.36. The lowest BCUT2D eigenvalue weighted by molar-refractivity contribution is -0.140. The predicted molar refractivity (Wildman–Crippen MR) is 105 cm³/mol. The first-order valence-electron chi connectivity index (χ1n) is 7.37. The molecule has 26 heavy (non-hydrogen) atoms. The molecular weight excluding hydrogens is 473 g/mol. The summed E-state index contributed by atoms with van der Waals surface area (Å²) in [7, 11) is 0. The summed E-state index contributed by atoms with van der Waals surface area (Å²) in [5, 5.41) is 8.18. The summed E-state index contributed by atoms with van der Waals surface area (Å²) in [6.07, 6.45) is 6.73. The Morgan fingerprint density at radius 2 is 2.15 bits per heavy atom. The molecule has 1 aliphatic rings. The molecule has 0 saturated carbocycles. The number of ether oxygens (including phenoxy) is 2. The van der Waals surface area contributed by atoms with Crippen molar-refractivity contribution in [3.63, 3.8) is 0 Å². The van der Waals surface area contributed by atoms with Crippen molar-refractivity contribution in [2.75, 3.05) is 19.8 Å². The van der Waals surface area contributed by atoms with E-state index in [0.717, 1.165) is 3.57 Å². The number of hydrogen-bond acceptors (Lipinski definition) is 6. The Labute approximate surface area is 167 Å². The van der Waals surface area contributed by atoms with Crippen LogP contribution in [-0.2, 0) is 9.59 Å². The van der Waals surface area contributed by atoms with Crippen molar-refractivity contribution in [2.45, 2.75) is 6.92 Å². The van der Waals surface area contributed by atoms with Crippen LogP contribution in [0.3, 0.4) is 0 Å². The Kier molecular flexibility index (Phi) is 6.93. The molecule has 1 fully saturated rings. The van der Waals surface area contributed by atoms with Crippen LogP contribution in [0.25, 0.3) is 6.08 Å². The van der Waals surface area contributed by atoms with Gasteiger partial charge < -0.3 is 14.6 Å². The Morgan fingerprint density at radius 1 is 1.42 bits per heavy atom. The van der Waals surface area contributed by atoms with Gasteiger partial charge in [-0.3, -0.25) is 19.3 Å². The maximum Gasteiger partial charge on any atom is 0.323 e. The summed E-state index contributed by atoms with van der Waals surface area (Å²) in [5.41, 5.74) is 0.617. The van der Waals surface area contributed by atoms with E-state index >= 15 is 0 Å². The fourth-order valence-electron chi connectivity index (χ4n) is 2.11. The summed E-state index contributed by atoms with van der Waals surface area (Å²) >= 11 is 2.75. The van der Waals surface area contributed by atoms with Crippen molar-refractivity contribution in [3.8, 4) is 23.8 Å². The van der Waals surface area contributed by atoms with Crippen LogP contribution in [0.5, 0.6) is 11.5 Å². The highest BCUT2D eigenvalue weighted by atomic mass is 127. The first kappa shape index (κ1) is 20.1. The van der Waals surface area contributed by atoms with Crippen LogP contribution < -0.4 is 9.47 Å². The number of carboxylic acid groups (broad SMARTS) is 1. The van der Waals surface area contributed by atoms with E-state index < -0.39 is 23.7 Å². The number of imide groups is 1. The SMILES string of the molecule is C#CCOc1c(I)cc(/C=C2/SC(=O)N(CC(=O)O)C2=O)cc1OCC. The van der Waals surface area contributed by atoms with Crippen LogP contribution in [0.4, 0.5) is 4.79 Å². The molecule has 7 nitrogen and oxygen atoms in total. The molecule has 1 N–H and O–H groups in total. The van der Waals surface area contributed by atoms with Gasteiger partial charge in [-0.2, -0.15) is 0 Å². The number of terminal acetylenes is 1. The standard InChI is InChI=1S/C17H14INO6S/c1-3-5-25-15-11(18)6-10(7-12(15)24-4-2)8-13-16(22)19(9-14(20)21)17(23)26-13/h1,6-8H,4-5,9H2,2H3,(H,20,21)/b13-8+. The topological polar surface area (TPSA) is 93.1 Å². The quantitative estimate of drug-likeness (QED) is 0.359. The average molecular weight is 487 g/mol. The first-order valence-corrected chi connectivity index (χ1v) is 9.26. The number of hydrogen-bond donors (Lipinski definition) is 1. The molecule has 0 unspecified atom stereocenters. The first-order chi connectivity index (χ1) is 12.4. The Bertz CT molecular complexity index is 829. The lowest BCUT2D eigenvalue weighted by Gasteiger charge is -2.13. The summed E-state index contributed by atoms with van der Waals surface area (Å²) in [5.74, 6) is 1.46. The number of thioether (sulfide) groups is 1. The van der Waals surface area contributed by atoms with Crippen LogP contribution in [-0.4, -0.2) is 46.9 Å². The van der Waals surface area contributed by atoms with E-state index in [0.29, 0.717) is 40.3 Å². The molecule has 0 aromatic heterocycles. The predicted octanol–water partition coefficient (Wildman–Crippen LogP) is 2.82. The van der Waals surface area contributed by atoms with E-state index in [-0.39, 0.29) is 11.5 Å². The van der Waals surface area contributed by atoms with Crippen molar-refractivity contribution in [3.05, 3.63) is 26.2 Å². The second-order valence-corrected chi connectivity index (χ2v) is 7.07. The molecule has 0 radical (unpaired) electrons. The molecule has 1 aliphatic heterocycles. The zero-order chi connectivity index (χ0) is 19.3. The van der Waals surface area contributed by atoms with Gasteiger partial charge in [0.1, 0.15) is 13.2 Å². The van der Waals surface area contributed by atoms with Crippen LogP contribution in [0.2, 0.25) is 0 Å². The minimum absolute atomic E-state index is 0.0868. The lowest BCUT2D eigenvalue weighted by atomic mass is 10.2. The molecular formula is C17H14INO6S. The summed E-state index contributed by atoms with van der Waals surface area (Å²) in [6, 6.07) is 3.42. The normalized spacial score (nSPS) is 15.3. The van der Waals surface area contributed by atoms with Gasteiger partial charge in [0.25, 0.3) is 11.1 Å². The molecule has 1 heterocycles. The third-order valence-electron chi connectivity index (χ3n) is 3.10. The summed E-state index contributed by atoms with van der Waals surface area (Å²) in [6.45, 7) is 1.65. The van der Waals surface area contributed by atoms with Gasteiger partial charge in [0.05, 0.1) is 15.1 Å². The largest absolute Gasteiger partial charge is 0.490 e. The molecule has 0 bridgehead atoms. The van der Waals surface area contributed by atoms with E-state index in [9.17, 15) is 14.4 Å². The molecule has 2 rings (SSSR count). The smallest absolute Gasteiger partial charge is 0.323 e. The van der Waals surface area contributed by atoms with Crippen LogP contribution >= 0.6 is 34.4 Å². The van der Waals surface area contributed by atoms with Crippen LogP contribution in [0.15, 0.2) is 17.0 Å². The zero-order valence-corrected chi connectivity index (χ0v) is 16.6. The van der Waals surface area contributed by atoms with Gasteiger partial charge in [-0.05, 0) is 65.0 Å². The van der Waals surface area contributed by atoms with E-state index in [1.807, 2.05) is 6.92 Å². The van der Waals surface area contributed by atoms with Gasteiger partial charge in [-0.15, -0.1) is 6.42 Å². The third kappa shape index (κ3) is 4.70. The van der Waals surface area contributed by atoms with Crippen molar-refractivity contribution in [1.29, 1.82) is 0 Å². The summed E-state index contributed by atoms with van der Waals surface area (Å²) in [4.78, 5) is 35.7. The second-order valence-electron chi connectivity index (χ2n) is 4.92. The van der Waals surface area contributed by atoms with E-state index in [1.165, 1.54) is 6.08 Å². The monoisotopic (exact) mass is 487 g/mol. The molecule has 136 valence electrons. The Balaban J connectivity index is 2.35. The highest BCUT2D eigenvalue weighted by Crippen LogP contribution is 2.37. The number of carbonyl (C=O) groups is 3. The van der Waals surface area contributed by atoms with Gasteiger partial charge in [-0.25, -0.2) is 0 Å². The Morgan fingerprint density at radius 3 is 2.77 bits per heavy atom. The number of carbonyl (C=O) groups excluding carboxylic acids is 2. The van der Waals surface area contributed by atoms with E-state index in [4.69, 9.17) is 21.0 Å². The van der Waals surface area contributed by atoms with Crippen molar-refractivity contribution >= 4 is 57.5 Å². The van der Waals surface area contributed by atoms with Gasteiger partial charge in [-0.1, -0.05) is 5.92 Å². The highest BCUT2D eigenvalue weighted by molar-refractivity contribution is 14.1. The van der Waals surface area contributed by atoms with Gasteiger partial charge in [0.2, 0.25) is 0 Å². The molecule has 1 aromatic carbocycles. The van der Waals surface area contributed by atoms with Crippen molar-refractivity contribution in [1.82, 2.24) is 4.90 Å². The maximum absolute atomic E-state index is 12.2. The van der Waals surface area contributed by atoms with E-state index in [1.54, 1.807) is 12.1 Å². The van der Waals surface area contributed by atoms with E-state index in [2.05, 4.69) is 28.5 Å². The third-order valence-corrected chi connectivity index (χ3v) is 4.80. The number of aliphatic carboxylic acids is 1. The Hall–Kier alpha value is -2.19. The molecule has 1 saturated heterocycles. The minimum Gasteiger partial charge on any atom is -0.490 e. The maximum atomic E-state index is 12.2. The fraction of sp³-hybridized carbons (Fsp3) is 0.235. The lowest BCUT2D eigenvalue weighted by Crippen LogP contribution is -2.33. The molecule has 0 aliphatic carbocycles. The summed E-state index contributed by atoms with van der Waals surface area (Å²) < 4.78 is 11.8. The number of benzene rings is 1. The van der Waals surface area contributed by atoms with Crippen LogP contribution in [0, 0.1) is 15.9 Å². The molecule has 0 atom stereocenters. The van der Waals surface area contributed by atoms with Gasteiger partial charge in [0.15, 0.2) is 11.5 Å². The van der Waals surface area contributed by atoms with Gasteiger partial charge in [0, 0.05) is 0 Å². The van der Waals surface area contributed by atoms with Crippen molar-refractivity contribution < 1.29 is 29.0 Å². The number of rotatable bonds is 7. The number of carboxylic acids is 1. The van der Waals surface area contributed by atoms with Gasteiger partial charge >= 0.3 is 5.97 Å². The number of amides is 2. The minimum atomic E-state index is -1.25.